The molecule has 7 nitrogen and oxygen atoms in total. The van der Waals surface area contributed by atoms with Crippen LogP contribution in [0.2, 0.25) is 0 Å². The van der Waals surface area contributed by atoms with E-state index in [0.717, 1.165) is 19.4 Å². The minimum absolute atomic E-state index is 0.147. The monoisotopic (exact) mass is 446 g/mol. The molecule has 0 saturated carbocycles. The van der Waals surface area contributed by atoms with Gasteiger partial charge in [0.1, 0.15) is 18.1 Å². The van der Waals surface area contributed by atoms with E-state index in [9.17, 15) is 9.59 Å². The Labute approximate surface area is 192 Å². The largest absolute Gasteiger partial charge is 0.497 e. The first-order chi connectivity index (χ1) is 16.1. The fourth-order valence-electron chi connectivity index (χ4n) is 3.45. The van der Waals surface area contributed by atoms with Crippen LogP contribution in [-0.2, 0) is 4.74 Å². The summed E-state index contributed by atoms with van der Waals surface area (Å²) in [6.45, 7) is 1.31. The van der Waals surface area contributed by atoms with Crippen LogP contribution in [0.3, 0.4) is 0 Å². The van der Waals surface area contributed by atoms with Gasteiger partial charge in [0, 0.05) is 29.1 Å². The number of carbonyl (C=O) groups excluding carboxylic acids is 2. The number of nitrogens with one attached hydrogen (secondary N) is 2. The van der Waals surface area contributed by atoms with Gasteiger partial charge in [0.25, 0.3) is 11.8 Å². The Morgan fingerprint density at radius 3 is 1.85 bits per heavy atom. The first-order valence-electron chi connectivity index (χ1n) is 10.8. The number of hydrogen-bond donors (Lipinski definition) is 2. The number of carbonyl (C=O) groups is 2. The standard InChI is InChI=1S/C26H26N2O5/c1-31-22-14-10-21(11-15-22)28-25(29)18-4-8-20(9-5-18)27-26(30)19-6-12-23(13-7-19)33-17-24-3-2-16-32-24/h4-15,24H,2-3,16-17H2,1H3,(H,27,30)(H,28,29). The van der Waals surface area contributed by atoms with Crippen molar-refractivity contribution in [2.24, 2.45) is 0 Å². The van der Waals surface area contributed by atoms with Crippen molar-refractivity contribution in [2.75, 3.05) is 31.0 Å². The second-order valence-electron chi connectivity index (χ2n) is 7.68. The van der Waals surface area contributed by atoms with Gasteiger partial charge in [-0.1, -0.05) is 0 Å². The number of rotatable bonds is 8. The summed E-state index contributed by atoms with van der Waals surface area (Å²) < 4.78 is 16.4. The Balaban J connectivity index is 1.29. The molecule has 1 aliphatic rings. The predicted molar refractivity (Wildman–Crippen MR) is 126 cm³/mol. The molecule has 3 aromatic rings. The highest BCUT2D eigenvalue weighted by molar-refractivity contribution is 6.06. The molecule has 1 unspecified atom stereocenters. The highest BCUT2D eigenvalue weighted by Gasteiger charge is 2.16. The molecule has 0 aromatic heterocycles. The third-order valence-corrected chi connectivity index (χ3v) is 5.33. The van der Waals surface area contributed by atoms with Crippen LogP contribution < -0.4 is 20.1 Å². The van der Waals surface area contributed by atoms with Gasteiger partial charge >= 0.3 is 0 Å². The third-order valence-electron chi connectivity index (χ3n) is 5.33. The van der Waals surface area contributed by atoms with Gasteiger partial charge < -0.3 is 24.8 Å². The number of hydrogen-bond acceptors (Lipinski definition) is 5. The second-order valence-corrected chi connectivity index (χ2v) is 7.68. The number of methoxy groups -OCH3 is 1. The SMILES string of the molecule is COc1ccc(NC(=O)c2ccc(NC(=O)c3ccc(OCC4CCCO4)cc3)cc2)cc1. The summed E-state index contributed by atoms with van der Waals surface area (Å²) >= 11 is 0. The molecular formula is C26H26N2O5. The predicted octanol–water partition coefficient (Wildman–Crippen LogP) is 4.76. The normalized spacial score (nSPS) is 15.0. The molecule has 1 aliphatic heterocycles. The topological polar surface area (TPSA) is 85.9 Å². The van der Waals surface area contributed by atoms with Crippen molar-refractivity contribution >= 4 is 23.2 Å². The summed E-state index contributed by atoms with van der Waals surface area (Å²) in [5.74, 6) is 0.941. The van der Waals surface area contributed by atoms with E-state index in [1.165, 1.54) is 0 Å². The fraction of sp³-hybridized carbons (Fsp3) is 0.231. The van der Waals surface area contributed by atoms with Crippen LogP contribution in [0.5, 0.6) is 11.5 Å². The third kappa shape index (κ3) is 6.11. The maximum absolute atomic E-state index is 12.5. The van der Waals surface area contributed by atoms with E-state index in [2.05, 4.69) is 10.6 Å². The quantitative estimate of drug-likeness (QED) is 0.521. The summed E-state index contributed by atoms with van der Waals surface area (Å²) in [4.78, 5) is 25.0. The van der Waals surface area contributed by atoms with Gasteiger partial charge in [0.2, 0.25) is 0 Å². The van der Waals surface area contributed by atoms with Gasteiger partial charge in [0.15, 0.2) is 0 Å². The molecule has 0 spiro atoms. The molecule has 3 aromatic carbocycles. The van der Waals surface area contributed by atoms with Crippen molar-refractivity contribution in [1.82, 2.24) is 0 Å². The zero-order valence-corrected chi connectivity index (χ0v) is 18.4. The van der Waals surface area contributed by atoms with Gasteiger partial charge in [-0.3, -0.25) is 9.59 Å². The van der Waals surface area contributed by atoms with E-state index in [4.69, 9.17) is 14.2 Å². The van der Waals surface area contributed by atoms with E-state index in [1.807, 2.05) is 0 Å². The van der Waals surface area contributed by atoms with Crippen molar-refractivity contribution < 1.29 is 23.8 Å². The Kier molecular flexibility index (Phi) is 7.22. The maximum atomic E-state index is 12.5. The van der Waals surface area contributed by atoms with Crippen LogP contribution in [-0.4, -0.2) is 38.2 Å². The minimum atomic E-state index is -0.240. The summed E-state index contributed by atoms with van der Waals surface area (Å²) in [6, 6.07) is 20.8. The van der Waals surface area contributed by atoms with Crippen LogP contribution in [0.4, 0.5) is 11.4 Å². The van der Waals surface area contributed by atoms with Crippen LogP contribution in [0.15, 0.2) is 72.8 Å². The van der Waals surface area contributed by atoms with Crippen LogP contribution in [0, 0.1) is 0 Å². The fourth-order valence-corrected chi connectivity index (χ4v) is 3.45. The number of amides is 2. The molecule has 1 heterocycles. The molecule has 2 N–H and O–H groups in total. The molecule has 33 heavy (non-hydrogen) atoms. The van der Waals surface area contributed by atoms with Crippen LogP contribution >= 0.6 is 0 Å². The summed E-state index contributed by atoms with van der Waals surface area (Å²) in [7, 11) is 1.59. The molecule has 170 valence electrons. The van der Waals surface area contributed by atoms with E-state index >= 15 is 0 Å². The van der Waals surface area contributed by atoms with Crippen molar-refractivity contribution in [2.45, 2.75) is 18.9 Å². The lowest BCUT2D eigenvalue weighted by molar-refractivity contribution is 0.0679. The highest BCUT2D eigenvalue weighted by Crippen LogP contribution is 2.19. The zero-order valence-electron chi connectivity index (χ0n) is 18.4. The molecule has 4 rings (SSSR count). The lowest BCUT2D eigenvalue weighted by atomic mass is 10.1. The van der Waals surface area contributed by atoms with Crippen molar-refractivity contribution in [3.63, 3.8) is 0 Å². The minimum Gasteiger partial charge on any atom is -0.497 e. The summed E-state index contributed by atoms with van der Waals surface area (Å²) in [5, 5.41) is 5.66. The van der Waals surface area contributed by atoms with E-state index in [-0.39, 0.29) is 17.9 Å². The molecule has 2 amide bonds. The van der Waals surface area contributed by atoms with E-state index < -0.39 is 0 Å². The molecule has 1 fully saturated rings. The molecule has 1 atom stereocenters. The maximum Gasteiger partial charge on any atom is 0.255 e. The Morgan fingerprint density at radius 1 is 0.818 bits per heavy atom. The number of anilines is 2. The summed E-state index contributed by atoms with van der Waals surface area (Å²) in [5.41, 5.74) is 2.26. The molecule has 7 heteroatoms. The van der Waals surface area contributed by atoms with Crippen molar-refractivity contribution in [1.29, 1.82) is 0 Å². The Hall–Kier alpha value is -3.84. The van der Waals surface area contributed by atoms with Gasteiger partial charge in [-0.25, -0.2) is 0 Å². The average molecular weight is 447 g/mol. The van der Waals surface area contributed by atoms with Crippen molar-refractivity contribution in [3.05, 3.63) is 83.9 Å². The smallest absolute Gasteiger partial charge is 0.255 e. The molecule has 0 radical (unpaired) electrons. The highest BCUT2D eigenvalue weighted by atomic mass is 16.5. The Bertz CT molecular complexity index is 1070. The average Bonchev–Trinajstić information content (AvgIpc) is 3.38. The Morgan fingerprint density at radius 2 is 1.33 bits per heavy atom. The van der Waals surface area contributed by atoms with Gasteiger partial charge in [0.05, 0.1) is 13.2 Å². The van der Waals surface area contributed by atoms with Gasteiger partial charge in [-0.2, -0.15) is 0 Å². The van der Waals surface area contributed by atoms with Gasteiger partial charge in [-0.15, -0.1) is 0 Å². The van der Waals surface area contributed by atoms with Crippen LogP contribution in [0.1, 0.15) is 33.6 Å². The first-order valence-corrected chi connectivity index (χ1v) is 10.8. The first kappa shape index (κ1) is 22.4. The molecule has 0 bridgehead atoms. The lowest BCUT2D eigenvalue weighted by Gasteiger charge is -2.12. The lowest BCUT2D eigenvalue weighted by Crippen LogP contribution is -2.16. The summed E-state index contributed by atoms with van der Waals surface area (Å²) in [6.07, 6.45) is 2.23. The molecule has 0 aliphatic carbocycles. The van der Waals surface area contributed by atoms with Crippen LogP contribution in [0.25, 0.3) is 0 Å². The number of ether oxygens (including phenoxy) is 3. The van der Waals surface area contributed by atoms with Gasteiger partial charge in [-0.05, 0) is 85.6 Å². The second kappa shape index (κ2) is 10.7. The van der Waals surface area contributed by atoms with E-state index in [1.54, 1.807) is 79.9 Å². The molecular weight excluding hydrogens is 420 g/mol. The zero-order chi connectivity index (χ0) is 23.0. The van der Waals surface area contributed by atoms with E-state index in [0.29, 0.717) is 40.6 Å². The molecule has 1 saturated heterocycles. The number of benzene rings is 3. The van der Waals surface area contributed by atoms with Crippen molar-refractivity contribution in [3.8, 4) is 11.5 Å².